The predicted molar refractivity (Wildman–Crippen MR) is 141 cm³/mol. The van der Waals surface area contributed by atoms with Gasteiger partial charge in [0.05, 0.1) is 0 Å². The molecule has 0 saturated heterocycles. The summed E-state index contributed by atoms with van der Waals surface area (Å²) in [4.78, 5) is 0. The summed E-state index contributed by atoms with van der Waals surface area (Å²) in [6.45, 7) is 6.46. The molecule has 0 aromatic heterocycles. The van der Waals surface area contributed by atoms with Crippen LogP contribution in [0.3, 0.4) is 0 Å². The van der Waals surface area contributed by atoms with Crippen molar-refractivity contribution in [3.8, 4) is 0 Å². The molecule has 0 aliphatic rings. The number of benzene rings is 3. The fourth-order valence-corrected chi connectivity index (χ4v) is 4.86. The van der Waals surface area contributed by atoms with Crippen LogP contribution in [0.5, 0.6) is 0 Å². The van der Waals surface area contributed by atoms with E-state index in [1.807, 2.05) is 0 Å². The Hall–Kier alpha value is -2.46. The standard InChI is InChI=1S/C30H41N3/c1-22(28-8-5-6-25(18-28)20-32)10-14-26(27-16-12-24(19-31)13-17-27)15-11-23(2)30-9-4-3-7-29(30)21-33/h3-9,12-13,16-18,22-23,26H,10-11,14-15,19-21,31-33H2,1-2H3. The zero-order chi connectivity index (χ0) is 23.6. The molecule has 6 N–H and O–H groups in total. The highest BCUT2D eigenvalue weighted by Crippen LogP contribution is 2.35. The first-order valence-corrected chi connectivity index (χ1v) is 12.4. The number of hydrogen-bond donors (Lipinski definition) is 3. The molecular formula is C30H41N3. The third-order valence-corrected chi connectivity index (χ3v) is 7.14. The fourth-order valence-electron chi connectivity index (χ4n) is 4.86. The van der Waals surface area contributed by atoms with E-state index in [0.29, 0.717) is 37.4 Å². The van der Waals surface area contributed by atoms with Crippen LogP contribution in [0.1, 0.15) is 90.7 Å². The number of rotatable bonds is 12. The molecule has 33 heavy (non-hydrogen) atoms. The molecular weight excluding hydrogens is 402 g/mol. The molecule has 0 spiro atoms. The fraction of sp³-hybridized carbons (Fsp3) is 0.400. The first-order valence-electron chi connectivity index (χ1n) is 12.4. The van der Waals surface area contributed by atoms with Crippen LogP contribution < -0.4 is 17.2 Å². The lowest BCUT2D eigenvalue weighted by molar-refractivity contribution is 0.484. The van der Waals surface area contributed by atoms with Gasteiger partial charge in [0, 0.05) is 19.6 Å². The second kappa shape index (κ2) is 12.7. The Morgan fingerprint density at radius 2 is 1.24 bits per heavy atom. The summed E-state index contributed by atoms with van der Waals surface area (Å²) in [7, 11) is 0. The van der Waals surface area contributed by atoms with Crippen molar-refractivity contribution in [2.24, 2.45) is 17.2 Å². The Labute approximate surface area is 200 Å². The molecule has 0 aliphatic heterocycles. The summed E-state index contributed by atoms with van der Waals surface area (Å²) >= 11 is 0. The van der Waals surface area contributed by atoms with E-state index >= 15 is 0 Å². The second-order valence-electron chi connectivity index (χ2n) is 9.45. The van der Waals surface area contributed by atoms with Gasteiger partial charge in [0.1, 0.15) is 0 Å². The maximum atomic E-state index is 6.00. The van der Waals surface area contributed by atoms with Crippen LogP contribution in [-0.2, 0) is 19.6 Å². The highest BCUT2D eigenvalue weighted by atomic mass is 14.5. The van der Waals surface area contributed by atoms with E-state index in [4.69, 9.17) is 17.2 Å². The molecule has 0 fully saturated rings. The van der Waals surface area contributed by atoms with Crippen molar-refractivity contribution in [2.75, 3.05) is 0 Å². The molecule has 0 radical (unpaired) electrons. The van der Waals surface area contributed by atoms with Crippen LogP contribution >= 0.6 is 0 Å². The molecule has 0 bridgehead atoms. The van der Waals surface area contributed by atoms with Gasteiger partial charge in [0.25, 0.3) is 0 Å². The van der Waals surface area contributed by atoms with Crippen molar-refractivity contribution in [1.82, 2.24) is 0 Å². The van der Waals surface area contributed by atoms with Crippen LogP contribution in [0.2, 0.25) is 0 Å². The zero-order valence-corrected chi connectivity index (χ0v) is 20.3. The largest absolute Gasteiger partial charge is 0.326 e. The highest BCUT2D eigenvalue weighted by Gasteiger charge is 2.18. The van der Waals surface area contributed by atoms with Crippen molar-refractivity contribution in [2.45, 2.75) is 76.9 Å². The minimum atomic E-state index is 0.495. The van der Waals surface area contributed by atoms with Crippen LogP contribution in [0.25, 0.3) is 0 Å². The third kappa shape index (κ3) is 7.01. The molecule has 3 unspecified atom stereocenters. The molecule has 3 heteroatoms. The lowest BCUT2D eigenvalue weighted by Gasteiger charge is -2.23. The minimum absolute atomic E-state index is 0.495. The van der Waals surface area contributed by atoms with Gasteiger partial charge in [-0.05, 0) is 76.8 Å². The van der Waals surface area contributed by atoms with Crippen molar-refractivity contribution in [1.29, 1.82) is 0 Å². The minimum Gasteiger partial charge on any atom is -0.326 e. The predicted octanol–water partition coefficient (Wildman–Crippen LogP) is 6.31. The summed E-state index contributed by atoms with van der Waals surface area (Å²) in [5.41, 5.74) is 25.6. The van der Waals surface area contributed by atoms with Crippen LogP contribution in [0.15, 0.2) is 72.8 Å². The molecule has 3 nitrogen and oxygen atoms in total. The average molecular weight is 444 g/mol. The summed E-state index contributed by atoms with van der Waals surface area (Å²) in [5.74, 6) is 1.54. The molecule has 3 rings (SSSR count). The van der Waals surface area contributed by atoms with Crippen molar-refractivity contribution < 1.29 is 0 Å². The van der Waals surface area contributed by atoms with Gasteiger partial charge >= 0.3 is 0 Å². The van der Waals surface area contributed by atoms with Crippen LogP contribution in [-0.4, -0.2) is 0 Å². The Bertz CT molecular complexity index is 980. The maximum absolute atomic E-state index is 6.00. The van der Waals surface area contributed by atoms with Crippen molar-refractivity contribution >= 4 is 0 Å². The Balaban J connectivity index is 1.71. The van der Waals surface area contributed by atoms with Gasteiger partial charge in [-0.2, -0.15) is 0 Å². The maximum Gasteiger partial charge on any atom is 0.0180 e. The quantitative estimate of drug-likeness (QED) is 0.307. The van der Waals surface area contributed by atoms with E-state index in [1.165, 1.54) is 39.8 Å². The van der Waals surface area contributed by atoms with Gasteiger partial charge in [-0.3, -0.25) is 0 Å². The summed E-state index contributed by atoms with van der Waals surface area (Å²) in [6, 6.07) is 26.3. The Kier molecular flexibility index (Phi) is 9.68. The van der Waals surface area contributed by atoms with Gasteiger partial charge in [-0.1, -0.05) is 86.6 Å². The lowest BCUT2D eigenvalue weighted by Crippen LogP contribution is -2.08. The second-order valence-corrected chi connectivity index (χ2v) is 9.45. The van der Waals surface area contributed by atoms with Gasteiger partial charge in [0.15, 0.2) is 0 Å². The highest BCUT2D eigenvalue weighted by molar-refractivity contribution is 5.31. The zero-order valence-electron chi connectivity index (χ0n) is 20.3. The van der Waals surface area contributed by atoms with Crippen LogP contribution in [0, 0.1) is 0 Å². The van der Waals surface area contributed by atoms with Gasteiger partial charge in [-0.25, -0.2) is 0 Å². The van der Waals surface area contributed by atoms with Crippen molar-refractivity contribution in [3.63, 3.8) is 0 Å². The van der Waals surface area contributed by atoms with E-state index in [2.05, 4.69) is 86.6 Å². The molecule has 0 saturated carbocycles. The third-order valence-electron chi connectivity index (χ3n) is 7.14. The first-order chi connectivity index (χ1) is 16.0. The molecule has 0 amide bonds. The molecule has 3 aromatic rings. The first kappa shape index (κ1) is 25.2. The normalized spacial score (nSPS) is 14.1. The van der Waals surface area contributed by atoms with Gasteiger partial charge in [0.2, 0.25) is 0 Å². The molecule has 176 valence electrons. The van der Waals surface area contributed by atoms with E-state index < -0.39 is 0 Å². The number of nitrogens with two attached hydrogens (primary N) is 3. The van der Waals surface area contributed by atoms with E-state index in [1.54, 1.807) is 0 Å². The summed E-state index contributed by atoms with van der Waals surface area (Å²) < 4.78 is 0. The smallest absolute Gasteiger partial charge is 0.0180 e. The van der Waals surface area contributed by atoms with E-state index in [0.717, 1.165) is 19.3 Å². The van der Waals surface area contributed by atoms with Crippen LogP contribution in [0.4, 0.5) is 0 Å². The topological polar surface area (TPSA) is 78.1 Å². The molecule has 0 aliphatic carbocycles. The summed E-state index contributed by atoms with van der Waals surface area (Å²) in [5, 5.41) is 0. The van der Waals surface area contributed by atoms with Crippen molar-refractivity contribution in [3.05, 3.63) is 106 Å². The monoisotopic (exact) mass is 443 g/mol. The van der Waals surface area contributed by atoms with Gasteiger partial charge < -0.3 is 17.2 Å². The lowest BCUT2D eigenvalue weighted by atomic mass is 9.82. The van der Waals surface area contributed by atoms with E-state index in [-0.39, 0.29) is 0 Å². The molecule has 3 atom stereocenters. The van der Waals surface area contributed by atoms with E-state index in [9.17, 15) is 0 Å². The summed E-state index contributed by atoms with van der Waals surface area (Å²) in [6.07, 6.45) is 4.64. The average Bonchev–Trinajstić information content (AvgIpc) is 2.88. The Morgan fingerprint density at radius 1 is 0.576 bits per heavy atom. The SMILES string of the molecule is CC(CCC(CCC(C)c1ccccc1CN)c1ccc(CN)cc1)c1cccc(CN)c1. The van der Waals surface area contributed by atoms with Gasteiger partial charge in [-0.15, -0.1) is 0 Å². The molecule has 3 aromatic carbocycles. The number of hydrogen-bond acceptors (Lipinski definition) is 3. The molecule has 0 heterocycles. The Morgan fingerprint density at radius 3 is 1.91 bits per heavy atom.